The molecular formula is C63H90N2O10. The number of carboxylic acids is 1. The van der Waals surface area contributed by atoms with Crippen LogP contribution in [-0.2, 0) is 28.6 Å². The van der Waals surface area contributed by atoms with Gasteiger partial charge in [-0.15, -0.1) is 5.92 Å². The molecule has 8 aliphatic rings. The van der Waals surface area contributed by atoms with Crippen LogP contribution < -0.4 is 10.2 Å². The van der Waals surface area contributed by atoms with Crippen LogP contribution in [0, 0.1) is 75.4 Å². The molecule has 75 heavy (non-hydrogen) atoms. The second kappa shape index (κ2) is 21.6. The van der Waals surface area contributed by atoms with Crippen LogP contribution in [0.25, 0.3) is 0 Å². The first-order chi connectivity index (χ1) is 35.5. The number of aliphatic hydroxyl groups excluding tert-OH is 1. The second-order valence-electron chi connectivity index (χ2n) is 26.6. The number of aliphatic hydroxyl groups is 2. The van der Waals surface area contributed by atoms with Crippen molar-refractivity contribution in [2.75, 3.05) is 31.6 Å². The first kappa shape index (κ1) is 55.6. The lowest BCUT2D eigenvalue weighted by Gasteiger charge is -2.64. The van der Waals surface area contributed by atoms with Crippen LogP contribution in [0.5, 0.6) is 0 Å². The van der Waals surface area contributed by atoms with Gasteiger partial charge in [0.1, 0.15) is 17.3 Å². The molecule has 6 saturated carbocycles. The zero-order valence-corrected chi connectivity index (χ0v) is 46.8. The van der Waals surface area contributed by atoms with E-state index >= 15 is 0 Å². The fourth-order valence-electron chi connectivity index (χ4n) is 17.7. The molecule has 12 heteroatoms. The third-order valence-electron chi connectivity index (χ3n) is 21.5. The zero-order valence-electron chi connectivity index (χ0n) is 46.8. The van der Waals surface area contributed by atoms with E-state index in [2.05, 4.69) is 81.1 Å². The van der Waals surface area contributed by atoms with Gasteiger partial charge in [-0.1, -0.05) is 51.3 Å². The van der Waals surface area contributed by atoms with Crippen molar-refractivity contribution in [2.45, 2.75) is 206 Å². The Balaban J connectivity index is 0.867. The maximum atomic E-state index is 13.8. The molecule has 9 rings (SSSR count). The summed E-state index contributed by atoms with van der Waals surface area (Å²) >= 11 is 0. The number of fused-ring (bicyclic) bond motifs is 9. The number of carbonyl (C=O) groups excluding carboxylic acids is 3. The number of anilines is 1. The molecule has 0 aliphatic heterocycles. The Morgan fingerprint density at radius 3 is 2.41 bits per heavy atom. The van der Waals surface area contributed by atoms with Crippen molar-refractivity contribution in [3.8, 4) is 11.8 Å². The maximum Gasteiger partial charge on any atom is 0.407 e. The van der Waals surface area contributed by atoms with Crippen LogP contribution in [0.3, 0.4) is 0 Å². The number of hydrogen-bond donors (Lipinski definition) is 4. The normalized spacial score (nSPS) is 38.2. The minimum atomic E-state index is -1.01. The van der Waals surface area contributed by atoms with Gasteiger partial charge in [0, 0.05) is 62.3 Å². The minimum Gasteiger partial charge on any atom is -0.481 e. The Bertz CT molecular complexity index is 2450. The van der Waals surface area contributed by atoms with Crippen LogP contribution in [0.1, 0.15) is 182 Å². The third-order valence-corrected chi connectivity index (χ3v) is 21.5. The van der Waals surface area contributed by atoms with Gasteiger partial charge < -0.3 is 39.7 Å². The van der Waals surface area contributed by atoms with Gasteiger partial charge in [0.05, 0.1) is 18.8 Å². The summed E-state index contributed by atoms with van der Waals surface area (Å²) in [7, 11) is 2.12. The molecule has 1 amide bonds. The molecule has 0 saturated heterocycles. The van der Waals surface area contributed by atoms with Gasteiger partial charge in [-0.2, -0.15) is 0 Å². The Labute approximate surface area is 447 Å². The smallest absolute Gasteiger partial charge is 0.407 e. The Kier molecular flexibility index (Phi) is 16.0. The number of ether oxygens (including phenoxy) is 3. The van der Waals surface area contributed by atoms with E-state index in [4.69, 9.17) is 14.2 Å². The number of benzene rings is 1. The van der Waals surface area contributed by atoms with Crippen LogP contribution in [0.4, 0.5) is 10.5 Å². The molecule has 12 nitrogen and oxygen atoms in total. The highest BCUT2D eigenvalue weighted by Gasteiger charge is 2.67. The van der Waals surface area contributed by atoms with Crippen molar-refractivity contribution in [3.05, 3.63) is 52.6 Å². The summed E-state index contributed by atoms with van der Waals surface area (Å²) in [5.74, 6) is 7.41. The topological polar surface area (TPSA) is 172 Å². The van der Waals surface area contributed by atoms with E-state index in [1.807, 2.05) is 33.8 Å². The number of rotatable bonds is 15. The van der Waals surface area contributed by atoms with Crippen molar-refractivity contribution >= 4 is 29.5 Å². The van der Waals surface area contributed by atoms with Crippen LogP contribution in [0.2, 0.25) is 0 Å². The third kappa shape index (κ3) is 10.6. The first-order valence-electron chi connectivity index (χ1n) is 29.1. The predicted octanol–water partition coefficient (Wildman–Crippen LogP) is 11.1. The van der Waals surface area contributed by atoms with Crippen molar-refractivity contribution in [1.29, 1.82) is 0 Å². The van der Waals surface area contributed by atoms with Crippen molar-refractivity contribution < 1.29 is 48.7 Å². The maximum absolute atomic E-state index is 13.8. The highest BCUT2D eigenvalue weighted by atomic mass is 16.6. The van der Waals surface area contributed by atoms with Gasteiger partial charge in [-0.3, -0.25) is 14.4 Å². The van der Waals surface area contributed by atoms with E-state index in [1.54, 1.807) is 0 Å². The molecule has 2 unspecified atom stereocenters. The van der Waals surface area contributed by atoms with E-state index in [9.17, 15) is 34.5 Å². The Hall–Kier alpha value is -4.18. The average Bonchev–Trinajstić information content (AvgIpc) is 3.85. The van der Waals surface area contributed by atoms with Crippen molar-refractivity contribution in [1.82, 2.24) is 5.32 Å². The van der Waals surface area contributed by atoms with Gasteiger partial charge in [0.2, 0.25) is 0 Å². The van der Waals surface area contributed by atoms with E-state index in [0.717, 1.165) is 82.9 Å². The van der Waals surface area contributed by atoms with Gasteiger partial charge >= 0.3 is 18.0 Å². The summed E-state index contributed by atoms with van der Waals surface area (Å²) < 4.78 is 18.8. The number of hydrogen-bond acceptors (Lipinski definition) is 10. The lowest BCUT2D eigenvalue weighted by Crippen LogP contribution is -2.63. The van der Waals surface area contributed by atoms with Crippen LogP contribution in [-0.4, -0.2) is 95.4 Å². The molecular weight excluding hydrogens is 945 g/mol. The molecule has 412 valence electrons. The summed E-state index contributed by atoms with van der Waals surface area (Å²) in [6.45, 7) is 18.0. The summed E-state index contributed by atoms with van der Waals surface area (Å²) in [6, 6.07) is 9.04. The number of nitrogens with zero attached hydrogens (tertiary/aromatic N) is 1. The monoisotopic (exact) mass is 1030 g/mol. The predicted molar refractivity (Wildman–Crippen MR) is 289 cm³/mol. The summed E-state index contributed by atoms with van der Waals surface area (Å²) in [4.78, 5) is 52.7. The number of amides is 1. The Morgan fingerprint density at radius 1 is 0.933 bits per heavy atom. The van der Waals surface area contributed by atoms with Crippen molar-refractivity contribution in [2.24, 2.45) is 63.6 Å². The number of aliphatic carboxylic acids is 1. The van der Waals surface area contributed by atoms with Gasteiger partial charge in [-0.05, 0) is 211 Å². The number of alkyl carbamates (subject to hydrolysis) is 1. The van der Waals surface area contributed by atoms with E-state index < -0.39 is 34.8 Å². The fraction of sp³-hybridized carbons (Fsp3) is 0.746. The number of ketones is 1. The molecule has 0 radical (unpaired) electrons. The molecule has 4 N–H and O–H groups in total. The number of likely N-dealkylation sites (N-methyl/N-ethyl adjacent to an activating group) is 1. The number of nitrogens with one attached hydrogen (secondary N) is 1. The van der Waals surface area contributed by atoms with Crippen molar-refractivity contribution in [3.63, 3.8) is 0 Å². The minimum absolute atomic E-state index is 0.0597. The molecule has 6 fully saturated rings. The highest BCUT2D eigenvalue weighted by molar-refractivity contribution is 5.93. The lowest BCUT2D eigenvalue weighted by molar-refractivity contribution is -0.219. The summed E-state index contributed by atoms with van der Waals surface area (Å²) in [6.07, 6.45) is 13.8. The largest absolute Gasteiger partial charge is 0.481 e. The van der Waals surface area contributed by atoms with E-state index in [0.29, 0.717) is 57.1 Å². The molecule has 0 bridgehead atoms. The van der Waals surface area contributed by atoms with E-state index in [1.165, 1.54) is 22.3 Å². The molecule has 16 atom stereocenters. The molecule has 0 heterocycles. The highest BCUT2D eigenvalue weighted by Crippen LogP contribution is 2.70. The van der Waals surface area contributed by atoms with Gasteiger partial charge in [0.25, 0.3) is 0 Å². The molecule has 8 aliphatic carbocycles. The molecule has 1 aromatic carbocycles. The quantitative estimate of drug-likeness (QED) is 0.0748. The zero-order chi connectivity index (χ0) is 53.8. The summed E-state index contributed by atoms with van der Waals surface area (Å²) in [5.41, 5.74) is 4.11. The molecule has 1 aromatic rings. The Morgan fingerprint density at radius 2 is 1.69 bits per heavy atom. The molecule has 0 aromatic heterocycles. The van der Waals surface area contributed by atoms with E-state index in [-0.39, 0.29) is 89.1 Å². The number of carboxylic acid groups (broad SMARTS) is 1. The van der Waals surface area contributed by atoms with Crippen LogP contribution in [0.15, 0.2) is 47.1 Å². The molecule has 0 spiro atoms. The standard InChI is InChI=1S/C63H90N2O10/c1-10-27-63(72)29-26-49-46-20-16-40-33-43(66)19-21-45(40)56(46)47(37-61(49,63)7)39-14-17-42(18-15-39)65(9)31-32-73-44-25-28-60(6)41(34-44)35-52(74-55(70)12-11-30-64-58(71)75-59(3,4)5)57-50-23-22-48(38(2)13-24-54(68)69)62(50,8)53(67)36-51(57)60/h14-15,17-18,33,38,41,44,46-53,57,67,72H,11-13,16,19-26,28-32,34-37H2,1-9H3,(H,64,71)(H,68,69)/t38-,41+,44+,46?,47-,48-,49?,50+,51+,52-,53+,57+,60+,61+,62-,63+/m1/s1. The number of esters is 1. The number of allylic oxidation sites excluding steroid dienone is 4. The second-order valence-corrected chi connectivity index (χ2v) is 26.6. The lowest BCUT2D eigenvalue weighted by atomic mass is 9.43. The fourth-order valence-corrected chi connectivity index (χ4v) is 17.7. The SMILES string of the molecule is CC#C[C@]1(O)CCC2C3CCC4=CC(=O)CCC4=C3[C@@H](c3ccc(N(C)CCO[C@H]4CC[C@@]5(C)[C@@H](C4)C[C@@H](OC(=O)CCCNC(=O)OC(C)(C)C)[C@@H]4[C@@H]5C[C@H](O)[C@]5(C)[C@@H]([C@H](C)CCC(=O)O)CC[C@@H]45)cc3)C[C@@]21C. The van der Waals surface area contributed by atoms with Gasteiger partial charge in [0.15, 0.2) is 5.78 Å². The number of carbonyl (C=O) groups is 4. The van der Waals surface area contributed by atoms with Crippen LogP contribution >= 0.6 is 0 Å². The first-order valence-corrected chi connectivity index (χ1v) is 29.1. The average molecular weight is 1040 g/mol. The summed E-state index contributed by atoms with van der Waals surface area (Å²) in [5, 5.41) is 36.8. The van der Waals surface area contributed by atoms with Gasteiger partial charge in [-0.25, -0.2) is 4.79 Å².